The van der Waals surface area contributed by atoms with Crippen molar-refractivity contribution in [3.63, 3.8) is 0 Å². The van der Waals surface area contributed by atoms with E-state index in [9.17, 15) is 0 Å². The summed E-state index contributed by atoms with van der Waals surface area (Å²) in [4.78, 5) is 4.89. The first-order valence-electron chi connectivity index (χ1n) is 7.73. The van der Waals surface area contributed by atoms with Crippen LogP contribution in [0.4, 0.5) is 0 Å². The Morgan fingerprint density at radius 2 is 2.10 bits per heavy atom. The van der Waals surface area contributed by atoms with Crippen molar-refractivity contribution in [2.45, 2.75) is 46.1 Å². The monoisotopic (exact) mass is 269 g/mol. The Bertz CT molecular complexity index is 598. The Morgan fingerprint density at radius 1 is 1.25 bits per heavy atom. The highest BCUT2D eigenvalue weighted by Gasteiger charge is 2.21. The summed E-state index contributed by atoms with van der Waals surface area (Å²) in [7, 11) is 0. The van der Waals surface area contributed by atoms with Crippen LogP contribution in [0.2, 0.25) is 0 Å². The molecule has 0 aliphatic carbocycles. The number of fused-ring (bicyclic) bond motifs is 1. The molecule has 0 unspecified atom stereocenters. The number of aryl methyl sites for hydroxylation is 2. The highest BCUT2D eigenvalue weighted by Crippen LogP contribution is 2.25. The third-order valence-electron chi connectivity index (χ3n) is 4.04. The SMILES string of the molecule is CCCc1nc2c(n1-c1ccccc1CC)CCNC2. The third kappa shape index (κ3) is 2.27. The van der Waals surface area contributed by atoms with Gasteiger partial charge in [0.05, 0.1) is 11.4 Å². The first-order valence-corrected chi connectivity index (χ1v) is 7.73. The number of rotatable bonds is 4. The largest absolute Gasteiger partial charge is 0.311 e. The molecule has 2 aromatic rings. The molecule has 1 aromatic heterocycles. The normalized spacial score (nSPS) is 14.3. The van der Waals surface area contributed by atoms with Crippen molar-refractivity contribution in [3.8, 4) is 5.69 Å². The van der Waals surface area contributed by atoms with Crippen LogP contribution in [-0.2, 0) is 25.8 Å². The molecule has 0 saturated heterocycles. The van der Waals surface area contributed by atoms with Gasteiger partial charge in [0.15, 0.2) is 0 Å². The topological polar surface area (TPSA) is 29.9 Å². The van der Waals surface area contributed by atoms with Crippen molar-refractivity contribution in [3.05, 3.63) is 47.0 Å². The molecule has 3 rings (SSSR count). The van der Waals surface area contributed by atoms with Crippen molar-refractivity contribution < 1.29 is 0 Å². The summed E-state index contributed by atoms with van der Waals surface area (Å²) in [6.45, 7) is 6.41. The quantitative estimate of drug-likeness (QED) is 0.924. The molecule has 1 aliphatic heterocycles. The van der Waals surface area contributed by atoms with Crippen molar-refractivity contribution in [2.75, 3.05) is 6.54 Å². The molecule has 1 aliphatic rings. The predicted octanol–water partition coefficient (Wildman–Crippen LogP) is 3.03. The zero-order valence-corrected chi connectivity index (χ0v) is 12.4. The Hall–Kier alpha value is -1.61. The Balaban J connectivity index is 2.17. The second kappa shape index (κ2) is 5.80. The fourth-order valence-electron chi connectivity index (χ4n) is 3.07. The zero-order chi connectivity index (χ0) is 13.9. The van der Waals surface area contributed by atoms with Crippen molar-refractivity contribution in [1.82, 2.24) is 14.9 Å². The lowest BCUT2D eigenvalue weighted by molar-refractivity contribution is 0.619. The maximum absolute atomic E-state index is 4.89. The van der Waals surface area contributed by atoms with Crippen LogP contribution in [0.25, 0.3) is 5.69 Å². The summed E-state index contributed by atoms with van der Waals surface area (Å²) in [6.07, 6.45) is 4.32. The maximum atomic E-state index is 4.89. The fourth-order valence-corrected chi connectivity index (χ4v) is 3.07. The highest BCUT2D eigenvalue weighted by atomic mass is 15.1. The number of benzene rings is 1. The number of hydrogen-bond donors (Lipinski definition) is 1. The van der Waals surface area contributed by atoms with Crippen LogP contribution in [0.5, 0.6) is 0 Å². The minimum Gasteiger partial charge on any atom is -0.311 e. The van der Waals surface area contributed by atoms with Crippen LogP contribution in [0.1, 0.15) is 43.0 Å². The average Bonchev–Trinajstić information content (AvgIpc) is 2.85. The van der Waals surface area contributed by atoms with Crippen LogP contribution in [0.3, 0.4) is 0 Å². The number of nitrogens with one attached hydrogen (secondary N) is 1. The van der Waals surface area contributed by atoms with E-state index in [0.717, 1.165) is 38.8 Å². The summed E-state index contributed by atoms with van der Waals surface area (Å²) in [5.41, 5.74) is 5.39. The van der Waals surface area contributed by atoms with Gasteiger partial charge >= 0.3 is 0 Å². The van der Waals surface area contributed by atoms with Gasteiger partial charge in [-0.15, -0.1) is 0 Å². The van der Waals surface area contributed by atoms with Crippen LogP contribution < -0.4 is 5.32 Å². The first-order chi connectivity index (χ1) is 9.85. The standard InChI is InChI=1S/C17H23N3/c1-3-7-17-19-14-12-18-11-10-16(14)20(17)15-9-6-5-8-13(15)4-2/h5-6,8-9,18H,3-4,7,10-12H2,1-2H3. The molecule has 0 amide bonds. The van der Waals surface area contributed by atoms with Crippen LogP contribution in [0.15, 0.2) is 24.3 Å². The molecule has 0 radical (unpaired) electrons. The molecule has 106 valence electrons. The van der Waals surface area contributed by atoms with Gasteiger partial charge in [-0.1, -0.05) is 32.0 Å². The summed E-state index contributed by atoms with van der Waals surface area (Å²) in [5, 5.41) is 3.43. The second-order valence-corrected chi connectivity index (χ2v) is 5.42. The zero-order valence-electron chi connectivity index (χ0n) is 12.4. The van der Waals surface area contributed by atoms with E-state index in [4.69, 9.17) is 4.98 Å². The maximum Gasteiger partial charge on any atom is 0.113 e. The van der Waals surface area contributed by atoms with Gasteiger partial charge in [0.1, 0.15) is 5.82 Å². The van der Waals surface area contributed by atoms with Crippen molar-refractivity contribution >= 4 is 0 Å². The van der Waals surface area contributed by atoms with Crippen LogP contribution in [0, 0.1) is 0 Å². The van der Waals surface area contributed by atoms with Gasteiger partial charge in [0.25, 0.3) is 0 Å². The van der Waals surface area contributed by atoms with E-state index in [1.807, 2.05) is 0 Å². The number of aromatic nitrogens is 2. The van der Waals surface area contributed by atoms with Gasteiger partial charge in [-0.2, -0.15) is 0 Å². The molecular weight excluding hydrogens is 246 g/mol. The van der Waals surface area contributed by atoms with E-state index in [-0.39, 0.29) is 0 Å². The molecule has 0 fully saturated rings. The summed E-state index contributed by atoms with van der Waals surface area (Å²) >= 11 is 0. The molecule has 1 aromatic carbocycles. The third-order valence-corrected chi connectivity index (χ3v) is 4.04. The smallest absolute Gasteiger partial charge is 0.113 e. The fraction of sp³-hybridized carbons (Fsp3) is 0.471. The molecule has 3 heteroatoms. The van der Waals surface area contributed by atoms with Gasteiger partial charge in [0, 0.05) is 31.6 Å². The van der Waals surface area contributed by atoms with Crippen LogP contribution >= 0.6 is 0 Å². The molecule has 3 nitrogen and oxygen atoms in total. The second-order valence-electron chi connectivity index (χ2n) is 5.42. The predicted molar refractivity (Wildman–Crippen MR) is 82.3 cm³/mol. The van der Waals surface area contributed by atoms with Gasteiger partial charge in [-0.3, -0.25) is 0 Å². The lowest BCUT2D eigenvalue weighted by Crippen LogP contribution is -2.25. The molecule has 20 heavy (non-hydrogen) atoms. The van der Waals surface area contributed by atoms with Crippen LogP contribution in [-0.4, -0.2) is 16.1 Å². The lowest BCUT2D eigenvalue weighted by Gasteiger charge is -2.18. The minimum atomic E-state index is 0.910. The van der Waals surface area contributed by atoms with E-state index >= 15 is 0 Å². The van der Waals surface area contributed by atoms with E-state index < -0.39 is 0 Å². The van der Waals surface area contributed by atoms with Gasteiger partial charge in [-0.25, -0.2) is 4.98 Å². The first kappa shape index (κ1) is 13.4. The summed E-state index contributed by atoms with van der Waals surface area (Å²) in [6, 6.07) is 8.74. The Morgan fingerprint density at radius 3 is 2.90 bits per heavy atom. The van der Waals surface area contributed by atoms with Gasteiger partial charge in [0.2, 0.25) is 0 Å². The van der Waals surface area contributed by atoms with Crippen molar-refractivity contribution in [2.24, 2.45) is 0 Å². The molecule has 2 heterocycles. The average molecular weight is 269 g/mol. The van der Waals surface area contributed by atoms with Gasteiger partial charge < -0.3 is 9.88 Å². The Kier molecular flexibility index (Phi) is 3.88. The number of para-hydroxylation sites is 1. The number of hydrogen-bond acceptors (Lipinski definition) is 2. The molecule has 0 atom stereocenters. The minimum absolute atomic E-state index is 0.910. The molecule has 0 saturated carbocycles. The molecule has 1 N–H and O–H groups in total. The van der Waals surface area contributed by atoms with E-state index in [2.05, 4.69) is 48.0 Å². The number of nitrogens with zero attached hydrogens (tertiary/aromatic N) is 2. The van der Waals surface area contributed by atoms with E-state index in [0.29, 0.717) is 0 Å². The highest BCUT2D eigenvalue weighted by molar-refractivity contribution is 5.45. The molecular formula is C17H23N3. The summed E-state index contributed by atoms with van der Waals surface area (Å²) < 4.78 is 2.43. The molecule has 0 spiro atoms. The lowest BCUT2D eigenvalue weighted by atomic mass is 10.1. The van der Waals surface area contributed by atoms with Gasteiger partial charge in [-0.05, 0) is 24.5 Å². The number of imidazole rings is 1. The Labute approximate surface area is 121 Å². The summed E-state index contributed by atoms with van der Waals surface area (Å²) in [5.74, 6) is 1.22. The molecule has 0 bridgehead atoms. The van der Waals surface area contributed by atoms with Crippen molar-refractivity contribution in [1.29, 1.82) is 0 Å². The van der Waals surface area contributed by atoms with E-state index in [1.165, 1.54) is 28.5 Å². The van der Waals surface area contributed by atoms with E-state index in [1.54, 1.807) is 0 Å².